The van der Waals surface area contributed by atoms with Gasteiger partial charge in [-0.25, -0.2) is 0 Å². The highest BCUT2D eigenvalue weighted by atomic mass is 79.9. The maximum absolute atomic E-state index is 11.8. The van der Waals surface area contributed by atoms with Gasteiger partial charge in [-0.15, -0.1) is 0 Å². The smallest absolute Gasteiger partial charge is 0.236 e. The Kier molecular flexibility index (Phi) is 6.36. The average Bonchev–Trinajstić information content (AvgIpc) is 2.35. The Hall–Kier alpha value is -0.870. The molecule has 18 heavy (non-hydrogen) atoms. The Morgan fingerprint density at radius 1 is 1.39 bits per heavy atom. The van der Waals surface area contributed by atoms with Crippen molar-refractivity contribution in [1.29, 1.82) is 0 Å². The number of nitrogens with one attached hydrogen (secondary N) is 2. The second-order valence-electron chi connectivity index (χ2n) is 4.46. The largest absolute Gasteiger partial charge is 0.355 e. The first kappa shape index (κ1) is 15.2. The summed E-state index contributed by atoms with van der Waals surface area (Å²) < 4.78 is 1.05. The van der Waals surface area contributed by atoms with Crippen LogP contribution in [0.1, 0.15) is 38.8 Å². The van der Waals surface area contributed by atoms with Crippen molar-refractivity contribution >= 4 is 21.8 Å². The fourth-order valence-electron chi connectivity index (χ4n) is 1.72. The molecule has 0 bridgehead atoms. The summed E-state index contributed by atoms with van der Waals surface area (Å²) in [6.07, 6.45) is 0.958. The van der Waals surface area contributed by atoms with Gasteiger partial charge in [0.25, 0.3) is 0 Å². The molecule has 0 aliphatic rings. The van der Waals surface area contributed by atoms with Crippen LogP contribution in [-0.4, -0.2) is 18.5 Å². The monoisotopic (exact) mass is 312 g/mol. The van der Waals surface area contributed by atoms with Crippen molar-refractivity contribution in [2.24, 2.45) is 0 Å². The molecule has 0 radical (unpaired) electrons. The summed E-state index contributed by atoms with van der Waals surface area (Å²) in [5, 5.41) is 6.19. The number of halogens is 1. The zero-order chi connectivity index (χ0) is 13.5. The molecule has 2 unspecified atom stereocenters. The van der Waals surface area contributed by atoms with Crippen molar-refractivity contribution in [3.05, 3.63) is 34.3 Å². The molecule has 0 saturated carbocycles. The van der Waals surface area contributed by atoms with Crippen LogP contribution in [0, 0.1) is 0 Å². The van der Waals surface area contributed by atoms with Crippen LogP contribution in [0.5, 0.6) is 0 Å². The van der Waals surface area contributed by atoms with Crippen molar-refractivity contribution in [2.45, 2.75) is 39.3 Å². The zero-order valence-corrected chi connectivity index (χ0v) is 12.8. The van der Waals surface area contributed by atoms with Crippen LogP contribution in [-0.2, 0) is 4.79 Å². The molecule has 0 aliphatic carbocycles. The van der Waals surface area contributed by atoms with E-state index in [1.54, 1.807) is 0 Å². The number of hydrogen-bond acceptors (Lipinski definition) is 2. The van der Waals surface area contributed by atoms with Gasteiger partial charge < -0.3 is 5.32 Å². The minimum Gasteiger partial charge on any atom is -0.355 e. The van der Waals surface area contributed by atoms with Gasteiger partial charge in [0.05, 0.1) is 6.04 Å². The number of rotatable bonds is 6. The number of hydrogen-bond donors (Lipinski definition) is 2. The lowest BCUT2D eigenvalue weighted by Crippen LogP contribution is -2.43. The summed E-state index contributed by atoms with van der Waals surface area (Å²) in [6.45, 7) is 6.73. The lowest BCUT2D eigenvalue weighted by Gasteiger charge is -2.20. The van der Waals surface area contributed by atoms with Gasteiger partial charge in [-0.1, -0.05) is 35.0 Å². The van der Waals surface area contributed by atoms with E-state index in [1.165, 1.54) is 5.56 Å². The molecule has 3 nitrogen and oxygen atoms in total. The highest BCUT2D eigenvalue weighted by Gasteiger charge is 2.15. The van der Waals surface area contributed by atoms with Crippen LogP contribution in [0.4, 0.5) is 0 Å². The predicted molar refractivity (Wildman–Crippen MR) is 78.5 cm³/mol. The lowest BCUT2D eigenvalue weighted by molar-refractivity contribution is -0.122. The van der Waals surface area contributed by atoms with Crippen LogP contribution in [0.3, 0.4) is 0 Å². The van der Waals surface area contributed by atoms with Crippen molar-refractivity contribution in [2.75, 3.05) is 6.54 Å². The van der Waals surface area contributed by atoms with Crippen molar-refractivity contribution in [3.8, 4) is 0 Å². The summed E-state index contributed by atoms with van der Waals surface area (Å²) >= 11 is 3.45. The lowest BCUT2D eigenvalue weighted by atomic mass is 10.1. The third-order valence-corrected chi connectivity index (χ3v) is 3.28. The molecule has 0 aromatic heterocycles. The molecule has 100 valence electrons. The van der Waals surface area contributed by atoms with Crippen LogP contribution >= 0.6 is 15.9 Å². The van der Waals surface area contributed by atoms with Gasteiger partial charge in [0, 0.05) is 17.1 Å². The van der Waals surface area contributed by atoms with E-state index in [2.05, 4.69) is 45.6 Å². The van der Waals surface area contributed by atoms with Crippen molar-refractivity contribution in [3.63, 3.8) is 0 Å². The fourth-order valence-corrected chi connectivity index (χ4v) is 2.14. The molecule has 0 spiro atoms. The quantitative estimate of drug-likeness (QED) is 0.847. The zero-order valence-electron chi connectivity index (χ0n) is 11.2. The van der Waals surface area contributed by atoms with E-state index in [-0.39, 0.29) is 18.0 Å². The first-order valence-corrected chi connectivity index (χ1v) is 7.13. The maximum Gasteiger partial charge on any atom is 0.236 e. The van der Waals surface area contributed by atoms with E-state index in [4.69, 9.17) is 0 Å². The number of carbonyl (C=O) groups excluding carboxylic acids is 1. The van der Waals surface area contributed by atoms with E-state index in [1.807, 2.05) is 26.0 Å². The minimum atomic E-state index is -0.189. The molecule has 4 heteroatoms. The minimum absolute atomic E-state index is 0.0543. The number of amides is 1. The second-order valence-corrected chi connectivity index (χ2v) is 5.37. The second kappa shape index (κ2) is 7.54. The Bertz CT molecular complexity index is 395. The first-order valence-electron chi connectivity index (χ1n) is 6.33. The van der Waals surface area contributed by atoms with Gasteiger partial charge in [0.2, 0.25) is 5.91 Å². The molecule has 1 aromatic carbocycles. The highest BCUT2D eigenvalue weighted by Crippen LogP contribution is 2.18. The Morgan fingerprint density at radius 3 is 2.72 bits per heavy atom. The molecule has 0 saturated heterocycles. The van der Waals surface area contributed by atoms with E-state index in [0.29, 0.717) is 0 Å². The normalized spacial score (nSPS) is 14.0. The standard InChI is InChI=1S/C14H21BrN2O/c1-4-8-16-14(18)11(3)17-10(2)12-6-5-7-13(15)9-12/h5-7,9-11,17H,4,8H2,1-3H3,(H,16,18). The fraction of sp³-hybridized carbons (Fsp3) is 0.500. The molecular weight excluding hydrogens is 292 g/mol. The van der Waals surface area contributed by atoms with E-state index in [9.17, 15) is 4.79 Å². The molecule has 0 heterocycles. The van der Waals surface area contributed by atoms with Gasteiger partial charge >= 0.3 is 0 Å². The highest BCUT2D eigenvalue weighted by molar-refractivity contribution is 9.10. The summed E-state index contributed by atoms with van der Waals surface area (Å²) in [5.41, 5.74) is 1.17. The Labute approximate surface area is 117 Å². The van der Waals surface area contributed by atoms with Crippen LogP contribution < -0.4 is 10.6 Å². The third-order valence-electron chi connectivity index (χ3n) is 2.79. The van der Waals surface area contributed by atoms with Crippen molar-refractivity contribution in [1.82, 2.24) is 10.6 Å². The number of benzene rings is 1. The maximum atomic E-state index is 11.8. The van der Waals surface area contributed by atoms with E-state index in [0.717, 1.165) is 17.4 Å². The number of carbonyl (C=O) groups is 1. The summed E-state index contributed by atoms with van der Waals surface area (Å²) in [6, 6.07) is 8.07. The topological polar surface area (TPSA) is 41.1 Å². The molecule has 1 aromatic rings. The van der Waals surface area contributed by atoms with E-state index < -0.39 is 0 Å². The third kappa shape index (κ3) is 4.78. The molecule has 2 atom stereocenters. The van der Waals surface area contributed by atoms with Crippen LogP contribution in [0.15, 0.2) is 28.7 Å². The predicted octanol–water partition coefficient (Wildman–Crippen LogP) is 3.01. The summed E-state index contributed by atoms with van der Waals surface area (Å²) in [7, 11) is 0. The molecule has 0 aliphatic heterocycles. The SMILES string of the molecule is CCCNC(=O)C(C)NC(C)c1cccc(Br)c1. The molecule has 2 N–H and O–H groups in total. The molecule has 0 fully saturated rings. The molecule has 1 amide bonds. The Balaban J connectivity index is 2.53. The molecule has 1 rings (SSSR count). The van der Waals surface area contributed by atoms with Crippen LogP contribution in [0.2, 0.25) is 0 Å². The van der Waals surface area contributed by atoms with Gasteiger partial charge in [0.15, 0.2) is 0 Å². The van der Waals surface area contributed by atoms with Gasteiger partial charge in [0.1, 0.15) is 0 Å². The average molecular weight is 313 g/mol. The van der Waals surface area contributed by atoms with Crippen molar-refractivity contribution < 1.29 is 4.79 Å². The Morgan fingerprint density at radius 2 is 2.11 bits per heavy atom. The summed E-state index contributed by atoms with van der Waals surface area (Å²) in [4.78, 5) is 11.8. The van der Waals surface area contributed by atoms with Gasteiger partial charge in [-0.05, 0) is 38.0 Å². The molecular formula is C14H21BrN2O. The van der Waals surface area contributed by atoms with Crippen LogP contribution in [0.25, 0.3) is 0 Å². The first-order chi connectivity index (χ1) is 8.54. The van der Waals surface area contributed by atoms with Gasteiger partial charge in [-0.2, -0.15) is 0 Å². The van der Waals surface area contributed by atoms with Gasteiger partial charge in [-0.3, -0.25) is 10.1 Å². The van der Waals surface area contributed by atoms with E-state index >= 15 is 0 Å². The summed E-state index contributed by atoms with van der Waals surface area (Å²) in [5.74, 6) is 0.0543.